The van der Waals surface area contributed by atoms with Gasteiger partial charge in [-0.05, 0) is 24.0 Å². The van der Waals surface area contributed by atoms with Gasteiger partial charge in [-0.15, -0.1) is 0 Å². The fraction of sp³-hybridized carbons (Fsp3) is 0.538. The number of aliphatic hydroxyl groups is 1. The van der Waals surface area contributed by atoms with Gasteiger partial charge in [-0.1, -0.05) is 50.0 Å². The Morgan fingerprint density at radius 2 is 1.75 bits per heavy atom. The minimum atomic E-state index is -3.85. The average Bonchev–Trinajstić information content (AvgIpc) is 2.23. The van der Waals surface area contributed by atoms with Crippen molar-refractivity contribution in [2.45, 2.75) is 38.2 Å². The van der Waals surface area contributed by atoms with Crippen LogP contribution in [0.5, 0.6) is 0 Å². The van der Waals surface area contributed by atoms with Crippen molar-refractivity contribution in [2.75, 3.05) is 6.54 Å². The summed E-state index contributed by atoms with van der Waals surface area (Å²) in [6.45, 7) is 5.82. The summed E-state index contributed by atoms with van der Waals surface area (Å²) in [7, 11) is -3.85. The third-order valence-corrected chi connectivity index (χ3v) is 4.92. The van der Waals surface area contributed by atoms with E-state index < -0.39 is 16.1 Å². The van der Waals surface area contributed by atoms with Crippen LogP contribution in [0.3, 0.4) is 0 Å². The number of nitrogens with one attached hydrogen (secondary N) is 1. The first-order valence-corrected chi connectivity index (χ1v) is 8.38. The van der Waals surface area contributed by atoms with Crippen LogP contribution in [-0.4, -0.2) is 26.2 Å². The van der Waals surface area contributed by atoms with Crippen molar-refractivity contribution in [2.24, 2.45) is 5.41 Å². The number of hydrogen-bond donors (Lipinski definition) is 2. The molecule has 4 nitrogen and oxygen atoms in total. The summed E-state index contributed by atoms with van der Waals surface area (Å²) in [5.41, 5.74) is -0.0904. The van der Waals surface area contributed by atoms with Crippen LogP contribution in [0.4, 0.5) is 0 Å². The Balaban J connectivity index is 2.82. The molecule has 0 aliphatic heterocycles. The predicted octanol–water partition coefficient (Wildman–Crippen LogP) is 3.07. The minimum absolute atomic E-state index is 0.0512. The molecular weight excluding hydrogens is 321 g/mol. The fourth-order valence-corrected chi connectivity index (χ4v) is 4.01. The van der Waals surface area contributed by atoms with Gasteiger partial charge in [-0.3, -0.25) is 0 Å². The van der Waals surface area contributed by atoms with E-state index in [2.05, 4.69) is 4.72 Å². The molecule has 20 heavy (non-hydrogen) atoms. The van der Waals surface area contributed by atoms with E-state index in [1.165, 1.54) is 12.1 Å². The lowest BCUT2D eigenvalue weighted by atomic mass is 9.89. The molecule has 0 heterocycles. The van der Waals surface area contributed by atoms with Crippen LogP contribution in [0.15, 0.2) is 23.1 Å². The fourth-order valence-electron chi connectivity index (χ4n) is 1.80. The van der Waals surface area contributed by atoms with E-state index in [1.54, 1.807) is 6.07 Å². The van der Waals surface area contributed by atoms with Crippen LogP contribution < -0.4 is 4.72 Å². The molecule has 114 valence electrons. The zero-order chi connectivity index (χ0) is 15.6. The molecule has 0 spiro atoms. The van der Waals surface area contributed by atoms with Gasteiger partial charge in [0.05, 0.1) is 16.1 Å². The Morgan fingerprint density at radius 1 is 1.25 bits per heavy atom. The van der Waals surface area contributed by atoms with Crippen LogP contribution >= 0.6 is 23.2 Å². The predicted molar refractivity (Wildman–Crippen MR) is 81.7 cm³/mol. The van der Waals surface area contributed by atoms with Crippen LogP contribution in [-0.2, 0) is 10.0 Å². The van der Waals surface area contributed by atoms with E-state index in [-0.39, 0.29) is 26.9 Å². The lowest BCUT2D eigenvalue weighted by Crippen LogP contribution is -2.34. The molecule has 1 rings (SSSR count). The summed E-state index contributed by atoms with van der Waals surface area (Å²) in [6, 6.07) is 4.47. The summed E-state index contributed by atoms with van der Waals surface area (Å²) in [5.74, 6) is 0. The van der Waals surface area contributed by atoms with Crippen molar-refractivity contribution in [3.63, 3.8) is 0 Å². The van der Waals surface area contributed by atoms with E-state index in [1.807, 2.05) is 20.8 Å². The van der Waals surface area contributed by atoms with Gasteiger partial charge < -0.3 is 5.11 Å². The van der Waals surface area contributed by atoms with Gasteiger partial charge in [-0.2, -0.15) is 0 Å². The third kappa shape index (κ3) is 5.22. The normalized spacial score (nSPS) is 14.3. The van der Waals surface area contributed by atoms with Crippen LogP contribution in [0.1, 0.15) is 27.2 Å². The van der Waals surface area contributed by atoms with E-state index in [9.17, 15) is 13.5 Å². The van der Waals surface area contributed by atoms with Crippen LogP contribution in [0, 0.1) is 5.41 Å². The maximum atomic E-state index is 12.2. The van der Waals surface area contributed by atoms with Crippen molar-refractivity contribution in [1.82, 2.24) is 4.72 Å². The Bertz CT molecular complexity index is 547. The minimum Gasteiger partial charge on any atom is -0.392 e. The van der Waals surface area contributed by atoms with Gasteiger partial charge in [0.1, 0.15) is 4.90 Å². The Labute approximate surface area is 130 Å². The van der Waals surface area contributed by atoms with Gasteiger partial charge in [0.25, 0.3) is 0 Å². The highest BCUT2D eigenvalue weighted by atomic mass is 35.5. The van der Waals surface area contributed by atoms with Gasteiger partial charge in [-0.25, -0.2) is 13.1 Å². The molecule has 0 aromatic heterocycles. The largest absolute Gasteiger partial charge is 0.392 e. The molecule has 2 N–H and O–H groups in total. The van der Waals surface area contributed by atoms with Crippen molar-refractivity contribution in [1.29, 1.82) is 0 Å². The Kier molecular flexibility index (Phi) is 5.87. The smallest absolute Gasteiger partial charge is 0.243 e. The molecule has 1 unspecified atom stereocenters. The molecule has 7 heteroatoms. The molecule has 0 aliphatic carbocycles. The SMILES string of the molecule is CC(C)(C)CC(O)CNS(=O)(=O)c1c(Cl)cccc1Cl. The topological polar surface area (TPSA) is 66.4 Å². The summed E-state index contributed by atoms with van der Waals surface area (Å²) in [4.78, 5) is -0.161. The number of hydrogen-bond acceptors (Lipinski definition) is 3. The third-order valence-electron chi connectivity index (χ3n) is 2.54. The van der Waals surface area contributed by atoms with Gasteiger partial charge in [0, 0.05) is 6.54 Å². The lowest BCUT2D eigenvalue weighted by molar-refractivity contribution is 0.125. The molecule has 1 aromatic carbocycles. The molecule has 1 atom stereocenters. The second-order valence-corrected chi connectivity index (χ2v) is 8.34. The van der Waals surface area contributed by atoms with Crippen molar-refractivity contribution in [3.05, 3.63) is 28.2 Å². The van der Waals surface area contributed by atoms with Crippen molar-refractivity contribution >= 4 is 33.2 Å². The number of benzene rings is 1. The number of halogens is 2. The molecule has 0 fully saturated rings. The molecule has 0 bridgehead atoms. The molecule has 1 aromatic rings. The number of sulfonamides is 1. The maximum Gasteiger partial charge on any atom is 0.243 e. The highest BCUT2D eigenvalue weighted by Gasteiger charge is 2.23. The van der Waals surface area contributed by atoms with Crippen molar-refractivity contribution < 1.29 is 13.5 Å². The van der Waals surface area contributed by atoms with E-state index in [4.69, 9.17) is 23.2 Å². The van der Waals surface area contributed by atoms with Gasteiger partial charge >= 0.3 is 0 Å². The van der Waals surface area contributed by atoms with E-state index in [0.717, 1.165) is 0 Å². The molecule has 0 aliphatic rings. The first-order valence-electron chi connectivity index (χ1n) is 6.15. The summed E-state index contributed by atoms with van der Waals surface area (Å²) in [6.07, 6.45) is -0.294. The second kappa shape index (κ2) is 6.62. The highest BCUT2D eigenvalue weighted by Crippen LogP contribution is 2.28. The zero-order valence-electron chi connectivity index (χ0n) is 11.7. The molecule has 0 amide bonds. The first kappa shape index (κ1) is 17.7. The Morgan fingerprint density at radius 3 is 2.20 bits per heavy atom. The van der Waals surface area contributed by atoms with Crippen molar-refractivity contribution in [3.8, 4) is 0 Å². The first-order chi connectivity index (χ1) is 9.03. The number of rotatable bonds is 5. The maximum absolute atomic E-state index is 12.2. The molecule has 0 saturated carbocycles. The molecular formula is C13H19Cl2NO3S. The number of aliphatic hydroxyl groups excluding tert-OH is 1. The monoisotopic (exact) mass is 339 g/mol. The average molecular weight is 340 g/mol. The van der Waals surface area contributed by atoms with Gasteiger partial charge in [0.2, 0.25) is 10.0 Å². The molecule has 0 radical (unpaired) electrons. The molecule has 0 saturated heterocycles. The van der Waals surface area contributed by atoms with Crippen LogP contribution in [0.25, 0.3) is 0 Å². The van der Waals surface area contributed by atoms with E-state index >= 15 is 0 Å². The highest BCUT2D eigenvalue weighted by molar-refractivity contribution is 7.89. The standard InChI is InChI=1S/C13H19Cl2NO3S/c1-13(2,3)7-9(17)8-16-20(18,19)12-10(14)5-4-6-11(12)15/h4-6,9,16-17H,7-8H2,1-3H3. The summed E-state index contributed by atoms with van der Waals surface area (Å²) in [5, 5.41) is 9.94. The summed E-state index contributed by atoms with van der Waals surface area (Å²) >= 11 is 11.7. The van der Waals surface area contributed by atoms with E-state index in [0.29, 0.717) is 6.42 Å². The zero-order valence-corrected chi connectivity index (χ0v) is 14.0. The summed E-state index contributed by atoms with van der Waals surface area (Å²) < 4.78 is 26.6. The van der Waals surface area contributed by atoms with Gasteiger partial charge in [0.15, 0.2) is 0 Å². The van der Waals surface area contributed by atoms with Crippen LogP contribution in [0.2, 0.25) is 10.0 Å². The lowest BCUT2D eigenvalue weighted by Gasteiger charge is -2.22. The quantitative estimate of drug-likeness (QED) is 0.866. The Hall–Kier alpha value is -0.330. The second-order valence-electron chi connectivity index (χ2n) is 5.82.